The highest BCUT2D eigenvalue weighted by Crippen LogP contribution is 2.30. The van der Waals surface area contributed by atoms with Gasteiger partial charge in [-0.1, -0.05) is 13.8 Å². The summed E-state index contributed by atoms with van der Waals surface area (Å²) in [6.07, 6.45) is 5.42. The van der Waals surface area contributed by atoms with Crippen molar-refractivity contribution in [1.82, 2.24) is 29.7 Å². The third-order valence-corrected chi connectivity index (χ3v) is 3.64. The maximum atomic E-state index is 4.54. The Morgan fingerprint density at radius 3 is 2.67 bits per heavy atom. The van der Waals surface area contributed by atoms with Crippen LogP contribution in [0.1, 0.15) is 26.7 Å². The van der Waals surface area contributed by atoms with Crippen molar-refractivity contribution in [3.05, 3.63) is 12.7 Å². The normalized spacial score (nSPS) is 17.8. The number of nitrogens with one attached hydrogen (secondary N) is 1. The Hall–Kier alpha value is -2.25. The fourth-order valence-corrected chi connectivity index (χ4v) is 2.62. The van der Waals surface area contributed by atoms with Crippen molar-refractivity contribution in [3.63, 3.8) is 0 Å². The van der Waals surface area contributed by atoms with Gasteiger partial charge >= 0.3 is 0 Å². The second-order valence-corrected chi connectivity index (χ2v) is 6.04. The molecule has 0 aromatic carbocycles. The SMILES string of the molecule is CNc1nc(N2CCCC(C)(C)C2)nc(-n2cncn2)n1. The van der Waals surface area contributed by atoms with E-state index in [2.05, 4.69) is 49.1 Å². The summed E-state index contributed by atoms with van der Waals surface area (Å²) in [5, 5.41) is 7.06. The molecule has 0 unspecified atom stereocenters. The van der Waals surface area contributed by atoms with E-state index in [0.29, 0.717) is 17.8 Å². The van der Waals surface area contributed by atoms with Crippen LogP contribution in [0.2, 0.25) is 0 Å². The number of nitrogens with zero attached hydrogens (tertiary/aromatic N) is 7. The molecule has 0 radical (unpaired) electrons. The van der Waals surface area contributed by atoms with E-state index in [1.54, 1.807) is 18.1 Å². The summed E-state index contributed by atoms with van der Waals surface area (Å²) in [6, 6.07) is 0. The van der Waals surface area contributed by atoms with E-state index in [1.807, 2.05) is 0 Å². The minimum absolute atomic E-state index is 0.276. The fourth-order valence-electron chi connectivity index (χ4n) is 2.62. The lowest BCUT2D eigenvalue weighted by Crippen LogP contribution is -2.41. The lowest BCUT2D eigenvalue weighted by Gasteiger charge is -2.38. The molecule has 1 aliphatic heterocycles. The molecule has 3 heterocycles. The molecular formula is C13H20N8. The molecule has 0 aliphatic carbocycles. The Bertz CT molecular complexity index is 607. The van der Waals surface area contributed by atoms with Crippen molar-refractivity contribution in [2.45, 2.75) is 26.7 Å². The maximum absolute atomic E-state index is 4.54. The predicted octanol–water partition coefficient (Wildman–Crippen LogP) is 1.12. The molecular weight excluding hydrogens is 268 g/mol. The lowest BCUT2D eigenvalue weighted by molar-refractivity contribution is 0.291. The third kappa shape index (κ3) is 2.93. The summed E-state index contributed by atoms with van der Waals surface area (Å²) in [7, 11) is 1.80. The zero-order valence-corrected chi connectivity index (χ0v) is 12.6. The van der Waals surface area contributed by atoms with Crippen LogP contribution in [-0.2, 0) is 0 Å². The van der Waals surface area contributed by atoms with E-state index in [-0.39, 0.29) is 5.41 Å². The number of hydrogen-bond donors (Lipinski definition) is 1. The first-order valence-electron chi connectivity index (χ1n) is 7.11. The zero-order valence-electron chi connectivity index (χ0n) is 12.6. The quantitative estimate of drug-likeness (QED) is 0.905. The van der Waals surface area contributed by atoms with Gasteiger partial charge in [0.1, 0.15) is 12.7 Å². The standard InChI is InChI=1S/C13H20N8/c1-13(2)5-4-6-20(7-13)11-17-10(14-3)18-12(19-11)21-9-15-8-16-21/h8-9H,4-7H2,1-3H3,(H,14,17,18,19). The molecule has 8 nitrogen and oxygen atoms in total. The maximum Gasteiger partial charge on any atom is 0.258 e. The molecule has 21 heavy (non-hydrogen) atoms. The van der Waals surface area contributed by atoms with Crippen molar-refractivity contribution in [2.24, 2.45) is 5.41 Å². The molecule has 0 amide bonds. The largest absolute Gasteiger partial charge is 0.357 e. The molecule has 1 N–H and O–H groups in total. The monoisotopic (exact) mass is 288 g/mol. The van der Waals surface area contributed by atoms with E-state index in [9.17, 15) is 0 Å². The number of aromatic nitrogens is 6. The van der Waals surface area contributed by atoms with Gasteiger partial charge in [-0.15, -0.1) is 0 Å². The number of rotatable bonds is 3. The first-order chi connectivity index (χ1) is 10.1. The third-order valence-electron chi connectivity index (χ3n) is 3.64. The number of anilines is 2. The van der Waals surface area contributed by atoms with E-state index in [0.717, 1.165) is 19.5 Å². The summed E-state index contributed by atoms with van der Waals surface area (Å²) in [5.41, 5.74) is 0.276. The van der Waals surface area contributed by atoms with Crippen LogP contribution in [0.15, 0.2) is 12.7 Å². The van der Waals surface area contributed by atoms with Gasteiger partial charge in [-0.25, -0.2) is 4.98 Å². The second kappa shape index (κ2) is 5.27. The van der Waals surface area contributed by atoms with Gasteiger partial charge in [-0.05, 0) is 18.3 Å². The van der Waals surface area contributed by atoms with Gasteiger partial charge in [0, 0.05) is 20.1 Å². The van der Waals surface area contributed by atoms with E-state index in [4.69, 9.17) is 0 Å². The predicted molar refractivity (Wildman–Crippen MR) is 79.5 cm³/mol. The van der Waals surface area contributed by atoms with Crippen LogP contribution >= 0.6 is 0 Å². The highest BCUT2D eigenvalue weighted by molar-refractivity contribution is 5.40. The van der Waals surface area contributed by atoms with Crippen LogP contribution in [0.5, 0.6) is 0 Å². The number of piperidine rings is 1. The van der Waals surface area contributed by atoms with E-state index >= 15 is 0 Å². The molecule has 3 rings (SSSR count). The Morgan fingerprint density at radius 1 is 1.19 bits per heavy atom. The molecule has 2 aromatic heterocycles. The molecule has 2 aromatic rings. The van der Waals surface area contributed by atoms with E-state index < -0.39 is 0 Å². The van der Waals surface area contributed by atoms with Gasteiger partial charge in [0.25, 0.3) is 5.95 Å². The fraction of sp³-hybridized carbons (Fsp3) is 0.615. The number of hydrogen-bond acceptors (Lipinski definition) is 7. The first-order valence-corrected chi connectivity index (χ1v) is 7.11. The molecule has 0 bridgehead atoms. The van der Waals surface area contributed by atoms with Crippen LogP contribution < -0.4 is 10.2 Å². The summed E-state index contributed by atoms with van der Waals surface area (Å²) >= 11 is 0. The van der Waals surface area contributed by atoms with Gasteiger partial charge < -0.3 is 10.2 Å². The molecule has 1 fully saturated rings. The summed E-state index contributed by atoms with van der Waals surface area (Å²) in [6.45, 7) is 6.46. The van der Waals surface area contributed by atoms with Crippen molar-refractivity contribution in [2.75, 3.05) is 30.4 Å². The second-order valence-electron chi connectivity index (χ2n) is 6.04. The topological polar surface area (TPSA) is 84.7 Å². The summed E-state index contributed by atoms with van der Waals surface area (Å²) in [5.74, 6) is 1.70. The van der Waals surface area contributed by atoms with Gasteiger partial charge in [-0.3, -0.25) is 0 Å². The van der Waals surface area contributed by atoms with Crippen LogP contribution in [0.4, 0.5) is 11.9 Å². The molecule has 112 valence electrons. The van der Waals surface area contributed by atoms with Gasteiger partial charge in [0.05, 0.1) is 0 Å². The van der Waals surface area contributed by atoms with Crippen LogP contribution in [-0.4, -0.2) is 49.9 Å². The van der Waals surface area contributed by atoms with Crippen LogP contribution in [0.25, 0.3) is 5.95 Å². The van der Waals surface area contributed by atoms with Gasteiger partial charge in [0.2, 0.25) is 11.9 Å². The Balaban J connectivity index is 1.96. The molecule has 0 atom stereocenters. The molecule has 0 saturated carbocycles. The minimum atomic E-state index is 0.276. The highest BCUT2D eigenvalue weighted by Gasteiger charge is 2.28. The Labute approximate surface area is 123 Å². The smallest absolute Gasteiger partial charge is 0.258 e. The van der Waals surface area contributed by atoms with Crippen molar-refractivity contribution >= 4 is 11.9 Å². The molecule has 1 saturated heterocycles. The minimum Gasteiger partial charge on any atom is -0.357 e. The molecule has 0 spiro atoms. The Morgan fingerprint density at radius 2 is 2.00 bits per heavy atom. The van der Waals surface area contributed by atoms with Crippen LogP contribution in [0, 0.1) is 5.41 Å². The highest BCUT2D eigenvalue weighted by atomic mass is 15.4. The molecule has 8 heteroatoms. The lowest BCUT2D eigenvalue weighted by atomic mass is 9.84. The Kier molecular flexibility index (Phi) is 3.44. The van der Waals surface area contributed by atoms with Crippen LogP contribution in [0.3, 0.4) is 0 Å². The van der Waals surface area contributed by atoms with Crippen molar-refractivity contribution < 1.29 is 0 Å². The average Bonchev–Trinajstić information content (AvgIpc) is 3.00. The van der Waals surface area contributed by atoms with Crippen molar-refractivity contribution in [3.8, 4) is 5.95 Å². The summed E-state index contributed by atoms with van der Waals surface area (Å²) in [4.78, 5) is 19.5. The van der Waals surface area contributed by atoms with E-state index in [1.165, 1.54) is 12.7 Å². The zero-order chi connectivity index (χ0) is 14.9. The van der Waals surface area contributed by atoms with Gasteiger partial charge in [-0.2, -0.15) is 24.7 Å². The first kappa shape index (κ1) is 13.7. The average molecular weight is 288 g/mol. The van der Waals surface area contributed by atoms with Crippen molar-refractivity contribution in [1.29, 1.82) is 0 Å². The summed E-state index contributed by atoms with van der Waals surface area (Å²) < 4.78 is 1.54. The van der Waals surface area contributed by atoms with Gasteiger partial charge in [0.15, 0.2) is 0 Å². The molecule has 1 aliphatic rings.